The van der Waals surface area contributed by atoms with Crippen molar-refractivity contribution in [2.45, 2.75) is 19.4 Å². The topological polar surface area (TPSA) is 24.9 Å². The summed E-state index contributed by atoms with van der Waals surface area (Å²) in [6.45, 7) is 1.91. The molecule has 0 saturated carbocycles. The molecule has 1 aliphatic heterocycles. The summed E-state index contributed by atoms with van der Waals surface area (Å²) in [5, 5.41) is 5.42. The minimum absolute atomic E-state index is 0.757. The van der Waals surface area contributed by atoms with Gasteiger partial charge in [0.05, 0.1) is 5.52 Å². The molecule has 0 atom stereocenters. The Morgan fingerprint density at radius 2 is 1.91 bits per heavy atom. The highest BCUT2D eigenvalue weighted by Crippen LogP contribution is 2.35. The molecule has 0 fully saturated rings. The third-order valence-electron chi connectivity index (χ3n) is 4.26. The van der Waals surface area contributed by atoms with Crippen LogP contribution in [-0.2, 0) is 13.0 Å². The molecule has 2 aromatic carbocycles. The first-order valence-electron chi connectivity index (χ1n) is 7.70. The van der Waals surface area contributed by atoms with Gasteiger partial charge in [0.2, 0.25) is 0 Å². The number of aromatic nitrogens is 1. The monoisotopic (exact) mass is 308 g/mol. The Kier molecular flexibility index (Phi) is 3.57. The highest BCUT2D eigenvalue weighted by molar-refractivity contribution is 6.31. The molecule has 0 unspecified atom stereocenters. The Balaban J connectivity index is 2.09. The van der Waals surface area contributed by atoms with E-state index in [0.717, 1.165) is 41.9 Å². The number of nitrogens with one attached hydrogen (secondary N) is 1. The molecule has 2 heterocycles. The molecule has 0 spiro atoms. The van der Waals surface area contributed by atoms with Crippen molar-refractivity contribution in [2.24, 2.45) is 0 Å². The third kappa shape index (κ3) is 2.39. The summed E-state index contributed by atoms with van der Waals surface area (Å²) < 4.78 is 0. The smallest absolute Gasteiger partial charge is 0.0712 e. The van der Waals surface area contributed by atoms with Gasteiger partial charge in [-0.1, -0.05) is 41.9 Å². The first-order valence-corrected chi connectivity index (χ1v) is 8.08. The fourth-order valence-corrected chi connectivity index (χ4v) is 3.42. The lowest BCUT2D eigenvalue weighted by atomic mass is 9.93. The third-order valence-corrected chi connectivity index (χ3v) is 4.50. The summed E-state index contributed by atoms with van der Waals surface area (Å²) in [6, 6.07) is 16.6. The van der Waals surface area contributed by atoms with Crippen LogP contribution in [0.2, 0.25) is 5.02 Å². The van der Waals surface area contributed by atoms with E-state index >= 15 is 0 Å². The highest BCUT2D eigenvalue weighted by atomic mass is 35.5. The SMILES string of the molecule is Clc1ccc2nc3c(c(-c4ccccc4)c2c1)CNCCC3. The molecule has 0 radical (unpaired) electrons. The van der Waals surface area contributed by atoms with E-state index in [1.807, 2.05) is 18.2 Å². The van der Waals surface area contributed by atoms with Crippen LogP contribution in [0.25, 0.3) is 22.0 Å². The predicted octanol–water partition coefficient (Wildman–Crippen LogP) is 4.59. The summed E-state index contributed by atoms with van der Waals surface area (Å²) in [6.07, 6.45) is 2.16. The second-order valence-corrected chi connectivity index (χ2v) is 6.16. The van der Waals surface area contributed by atoms with E-state index in [2.05, 4.69) is 35.6 Å². The van der Waals surface area contributed by atoms with Crippen molar-refractivity contribution >= 4 is 22.5 Å². The van der Waals surface area contributed by atoms with Crippen LogP contribution >= 0.6 is 11.6 Å². The largest absolute Gasteiger partial charge is 0.313 e. The molecule has 3 aromatic rings. The van der Waals surface area contributed by atoms with Gasteiger partial charge >= 0.3 is 0 Å². The van der Waals surface area contributed by atoms with Gasteiger partial charge in [0.1, 0.15) is 0 Å². The van der Waals surface area contributed by atoms with Gasteiger partial charge in [0.15, 0.2) is 0 Å². The summed E-state index contributed by atoms with van der Waals surface area (Å²) in [4.78, 5) is 4.90. The van der Waals surface area contributed by atoms with Crippen LogP contribution in [0, 0.1) is 0 Å². The summed E-state index contributed by atoms with van der Waals surface area (Å²) in [5.74, 6) is 0. The average Bonchev–Trinajstić information content (AvgIpc) is 2.78. The van der Waals surface area contributed by atoms with Gasteiger partial charge in [-0.05, 0) is 54.3 Å². The van der Waals surface area contributed by atoms with Crippen LogP contribution in [0.1, 0.15) is 17.7 Å². The zero-order valence-corrected chi connectivity index (χ0v) is 13.0. The van der Waals surface area contributed by atoms with Crippen LogP contribution in [0.4, 0.5) is 0 Å². The molecule has 4 rings (SSSR count). The minimum Gasteiger partial charge on any atom is -0.313 e. The summed E-state index contributed by atoms with van der Waals surface area (Å²) >= 11 is 6.25. The molecule has 110 valence electrons. The lowest BCUT2D eigenvalue weighted by molar-refractivity contribution is 0.680. The Morgan fingerprint density at radius 1 is 1.05 bits per heavy atom. The van der Waals surface area contributed by atoms with Gasteiger partial charge in [-0.2, -0.15) is 0 Å². The number of hydrogen-bond acceptors (Lipinski definition) is 2. The van der Waals surface area contributed by atoms with Gasteiger partial charge in [0, 0.05) is 22.6 Å². The van der Waals surface area contributed by atoms with Crippen molar-refractivity contribution in [3.8, 4) is 11.1 Å². The fourth-order valence-electron chi connectivity index (χ4n) is 3.25. The zero-order valence-electron chi connectivity index (χ0n) is 12.3. The van der Waals surface area contributed by atoms with E-state index in [1.54, 1.807) is 0 Å². The van der Waals surface area contributed by atoms with E-state index in [-0.39, 0.29) is 0 Å². The minimum atomic E-state index is 0.757. The van der Waals surface area contributed by atoms with Gasteiger partial charge in [-0.3, -0.25) is 4.98 Å². The molecule has 0 bridgehead atoms. The highest BCUT2D eigenvalue weighted by Gasteiger charge is 2.18. The van der Waals surface area contributed by atoms with Gasteiger partial charge in [-0.25, -0.2) is 0 Å². The molecule has 22 heavy (non-hydrogen) atoms. The quantitative estimate of drug-likeness (QED) is 0.711. The van der Waals surface area contributed by atoms with Crippen molar-refractivity contribution in [1.82, 2.24) is 10.3 Å². The second kappa shape index (κ2) is 5.71. The number of halogens is 1. The Hall–Kier alpha value is -1.90. The Bertz CT molecular complexity index is 828. The van der Waals surface area contributed by atoms with Gasteiger partial charge in [-0.15, -0.1) is 0 Å². The van der Waals surface area contributed by atoms with E-state index in [4.69, 9.17) is 16.6 Å². The Labute approximate surface area is 135 Å². The predicted molar refractivity (Wildman–Crippen MR) is 92.2 cm³/mol. The van der Waals surface area contributed by atoms with E-state index < -0.39 is 0 Å². The lowest BCUT2D eigenvalue weighted by Gasteiger charge is -2.16. The van der Waals surface area contributed by atoms with Gasteiger partial charge in [0.25, 0.3) is 0 Å². The summed E-state index contributed by atoms with van der Waals surface area (Å²) in [7, 11) is 0. The molecule has 3 heteroatoms. The number of aryl methyl sites for hydroxylation is 1. The van der Waals surface area contributed by atoms with Crippen LogP contribution in [0.15, 0.2) is 48.5 Å². The number of nitrogens with zero attached hydrogens (tertiary/aromatic N) is 1. The molecule has 2 nitrogen and oxygen atoms in total. The van der Waals surface area contributed by atoms with Crippen LogP contribution in [-0.4, -0.2) is 11.5 Å². The average molecular weight is 309 g/mol. The maximum absolute atomic E-state index is 6.25. The van der Waals surface area contributed by atoms with Crippen molar-refractivity contribution in [3.05, 3.63) is 64.8 Å². The van der Waals surface area contributed by atoms with E-state index in [1.165, 1.54) is 22.4 Å². The number of benzene rings is 2. The van der Waals surface area contributed by atoms with Crippen molar-refractivity contribution in [1.29, 1.82) is 0 Å². The van der Waals surface area contributed by atoms with Crippen LogP contribution < -0.4 is 5.32 Å². The van der Waals surface area contributed by atoms with Crippen molar-refractivity contribution in [2.75, 3.05) is 6.54 Å². The standard InChI is InChI=1S/C19H17ClN2/c20-14-8-9-18-15(11-14)19(13-5-2-1-3-6-13)16-12-21-10-4-7-17(16)22-18/h1-3,5-6,8-9,11,21H,4,7,10,12H2. The first-order chi connectivity index (χ1) is 10.8. The molecule has 1 aromatic heterocycles. The van der Waals surface area contributed by atoms with E-state index in [0.29, 0.717) is 0 Å². The van der Waals surface area contributed by atoms with Crippen molar-refractivity contribution in [3.63, 3.8) is 0 Å². The number of hydrogen-bond donors (Lipinski definition) is 1. The number of pyridine rings is 1. The molecule has 1 aliphatic rings. The second-order valence-electron chi connectivity index (χ2n) is 5.72. The van der Waals surface area contributed by atoms with Gasteiger partial charge < -0.3 is 5.32 Å². The maximum atomic E-state index is 6.25. The zero-order chi connectivity index (χ0) is 14.9. The number of fused-ring (bicyclic) bond motifs is 2. The molecule has 1 N–H and O–H groups in total. The van der Waals surface area contributed by atoms with Crippen LogP contribution in [0.5, 0.6) is 0 Å². The molecular formula is C19H17ClN2. The summed E-state index contributed by atoms with van der Waals surface area (Å²) in [5.41, 5.74) is 6.08. The van der Waals surface area contributed by atoms with E-state index in [9.17, 15) is 0 Å². The Morgan fingerprint density at radius 3 is 2.77 bits per heavy atom. The maximum Gasteiger partial charge on any atom is 0.0712 e. The fraction of sp³-hybridized carbons (Fsp3) is 0.211. The first kappa shape index (κ1) is 13.7. The number of rotatable bonds is 1. The normalized spacial score (nSPS) is 14.6. The molecule has 0 amide bonds. The van der Waals surface area contributed by atoms with Crippen LogP contribution in [0.3, 0.4) is 0 Å². The lowest BCUT2D eigenvalue weighted by Crippen LogP contribution is -2.13. The molecule has 0 saturated heterocycles. The molecule has 0 aliphatic carbocycles. The van der Waals surface area contributed by atoms with Crippen molar-refractivity contribution < 1.29 is 0 Å². The molecular weight excluding hydrogens is 292 g/mol.